The predicted octanol–water partition coefficient (Wildman–Crippen LogP) is 4.37. The van der Waals surface area contributed by atoms with Crippen molar-refractivity contribution in [3.63, 3.8) is 0 Å². The molecule has 2 heterocycles. The van der Waals surface area contributed by atoms with E-state index >= 15 is 0 Å². The molecule has 0 bridgehead atoms. The molecule has 0 saturated carbocycles. The number of amides is 1. The third-order valence-electron chi connectivity index (χ3n) is 4.58. The van der Waals surface area contributed by atoms with Gasteiger partial charge < -0.3 is 5.32 Å². The Hall–Kier alpha value is -1.12. The molecule has 1 amide bonds. The average Bonchev–Trinajstić information content (AvgIpc) is 3.31. The monoisotopic (exact) mass is 446 g/mol. The summed E-state index contributed by atoms with van der Waals surface area (Å²) in [6, 6.07) is 6.77. The second kappa shape index (κ2) is 8.49. The molecule has 1 aliphatic rings. The Balaban J connectivity index is 1.74. The molecule has 1 atom stereocenters. The number of nitrogens with one attached hydrogen (secondary N) is 1. The van der Waals surface area contributed by atoms with Crippen molar-refractivity contribution in [2.45, 2.75) is 30.6 Å². The second-order valence-electron chi connectivity index (χ2n) is 6.47. The standard InChI is InChI=1S/C18H20Cl2N2O3S2/c1-12(16-13(19)5-4-6-14(16)20)11-21-18(23)17-15(7-10-26-17)27(24,25)22-8-2-3-9-22/h4-7,10,12H,2-3,8-9,11H2,1H3,(H,21,23). The van der Waals surface area contributed by atoms with E-state index in [2.05, 4.69) is 5.32 Å². The van der Waals surface area contributed by atoms with Gasteiger partial charge in [-0.05, 0) is 42.0 Å². The number of hydrogen-bond acceptors (Lipinski definition) is 4. The van der Waals surface area contributed by atoms with Gasteiger partial charge in [0, 0.05) is 35.6 Å². The molecule has 146 valence electrons. The summed E-state index contributed by atoms with van der Waals surface area (Å²) < 4.78 is 27.0. The van der Waals surface area contributed by atoms with Gasteiger partial charge in [-0.3, -0.25) is 4.79 Å². The average molecular weight is 447 g/mol. The molecular weight excluding hydrogens is 427 g/mol. The molecule has 2 aromatic rings. The zero-order valence-corrected chi connectivity index (χ0v) is 17.9. The largest absolute Gasteiger partial charge is 0.351 e. The van der Waals surface area contributed by atoms with Crippen molar-refractivity contribution < 1.29 is 13.2 Å². The Morgan fingerprint density at radius 2 is 1.85 bits per heavy atom. The van der Waals surface area contributed by atoms with Gasteiger partial charge in [0.25, 0.3) is 5.91 Å². The lowest BCUT2D eigenvalue weighted by molar-refractivity contribution is 0.0952. The second-order valence-corrected chi connectivity index (χ2v) is 10.1. The van der Waals surface area contributed by atoms with Gasteiger partial charge >= 0.3 is 0 Å². The lowest BCUT2D eigenvalue weighted by atomic mass is 10.0. The van der Waals surface area contributed by atoms with Gasteiger partial charge in [0.2, 0.25) is 10.0 Å². The Kier molecular flexibility index (Phi) is 6.48. The Labute approximate surface area is 173 Å². The molecule has 0 aliphatic carbocycles. The number of hydrogen-bond donors (Lipinski definition) is 1. The van der Waals surface area contributed by atoms with E-state index in [1.165, 1.54) is 10.4 Å². The van der Waals surface area contributed by atoms with Gasteiger partial charge in [-0.15, -0.1) is 11.3 Å². The van der Waals surface area contributed by atoms with Crippen LogP contribution in [0.3, 0.4) is 0 Å². The summed E-state index contributed by atoms with van der Waals surface area (Å²) in [7, 11) is -3.63. The Morgan fingerprint density at radius 1 is 1.22 bits per heavy atom. The first-order valence-electron chi connectivity index (χ1n) is 8.62. The van der Waals surface area contributed by atoms with E-state index in [0.29, 0.717) is 29.7 Å². The first-order chi connectivity index (χ1) is 12.8. The third-order valence-corrected chi connectivity index (χ3v) is 8.22. The molecule has 0 radical (unpaired) electrons. The van der Waals surface area contributed by atoms with Crippen LogP contribution in [-0.4, -0.2) is 38.3 Å². The fourth-order valence-corrected chi connectivity index (χ4v) is 6.75. The molecule has 1 aliphatic heterocycles. The Bertz CT molecular complexity index is 918. The SMILES string of the molecule is CC(CNC(=O)c1sccc1S(=O)(=O)N1CCCC1)c1c(Cl)cccc1Cl. The predicted molar refractivity (Wildman–Crippen MR) is 110 cm³/mol. The maximum Gasteiger partial charge on any atom is 0.262 e. The van der Waals surface area contributed by atoms with Crippen molar-refractivity contribution in [3.05, 3.63) is 50.1 Å². The summed E-state index contributed by atoms with van der Waals surface area (Å²) in [5.41, 5.74) is 0.761. The summed E-state index contributed by atoms with van der Waals surface area (Å²) in [5, 5.41) is 5.52. The van der Waals surface area contributed by atoms with E-state index in [1.54, 1.807) is 23.6 Å². The molecule has 1 N–H and O–H groups in total. The highest BCUT2D eigenvalue weighted by molar-refractivity contribution is 7.89. The zero-order valence-electron chi connectivity index (χ0n) is 14.7. The van der Waals surface area contributed by atoms with Crippen molar-refractivity contribution in [2.75, 3.05) is 19.6 Å². The molecule has 3 rings (SSSR count). The molecule has 1 fully saturated rings. The first kappa shape index (κ1) is 20.6. The number of halogens is 2. The van der Waals surface area contributed by atoms with E-state index in [4.69, 9.17) is 23.2 Å². The van der Waals surface area contributed by atoms with Crippen LogP contribution < -0.4 is 5.32 Å². The highest BCUT2D eigenvalue weighted by atomic mass is 35.5. The number of benzene rings is 1. The minimum Gasteiger partial charge on any atom is -0.351 e. The van der Waals surface area contributed by atoms with E-state index < -0.39 is 15.9 Å². The van der Waals surface area contributed by atoms with Crippen LogP contribution in [0, 0.1) is 0 Å². The fourth-order valence-electron chi connectivity index (χ4n) is 3.14. The van der Waals surface area contributed by atoms with Crippen LogP contribution in [0.2, 0.25) is 10.0 Å². The maximum absolute atomic E-state index is 12.8. The third kappa shape index (κ3) is 4.32. The van der Waals surface area contributed by atoms with Gasteiger partial charge in [-0.1, -0.05) is 36.2 Å². The van der Waals surface area contributed by atoms with E-state index in [0.717, 1.165) is 29.7 Å². The molecule has 9 heteroatoms. The minimum absolute atomic E-state index is 0.0790. The van der Waals surface area contributed by atoms with Crippen LogP contribution >= 0.6 is 34.5 Å². The fraction of sp³-hybridized carbons (Fsp3) is 0.389. The number of thiophene rings is 1. The molecular formula is C18H20Cl2N2O3S2. The Morgan fingerprint density at radius 3 is 2.48 bits per heavy atom. The van der Waals surface area contributed by atoms with Crippen LogP contribution in [0.4, 0.5) is 0 Å². The number of carbonyl (C=O) groups excluding carboxylic acids is 1. The smallest absolute Gasteiger partial charge is 0.262 e. The minimum atomic E-state index is -3.63. The number of sulfonamides is 1. The highest BCUT2D eigenvalue weighted by Gasteiger charge is 2.31. The van der Waals surface area contributed by atoms with Gasteiger partial charge in [0.05, 0.1) is 0 Å². The first-order valence-corrected chi connectivity index (χ1v) is 11.7. The molecule has 1 unspecified atom stereocenters. The van der Waals surface area contributed by atoms with Crippen LogP contribution in [0.1, 0.15) is 40.9 Å². The molecule has 1 aromatic heterocycles. The van der Waals surface area contributed by atoms with Crippen LogP contribution in [-0.2, 0) is 10.0 Å². The van der Waals surface area contributed by atoms with Crippen molar-refractivity contribution in [1.82, 2.24) is 9.62 Å². The van der Waals surface area contributed by atoms with E-state index in [1.807, 2.05) is 6.92 Å². The van der Waals surface area contributed by atoms with Crippen LogP contribution in [0.25, 0.3) is 0 Å². The van der Waals surface area contributed by atoms with Crippen molar-refractivity contribution in [3.8, 4) is 0 Å². The number of carbonyl (C=O) groups is 1. The van der Waals surface area contributed by atoms with Gasteiger partial charge in [0.15, 0.2) is 0 Å². The van der Waals surface area contributed by atoms with Gasteiger partial charge in [0.1, 0.15) is 9.77 Å². The normalized spacial score (nSPS) is 16.4. The van der Waals surface area contributed by atoms with Crippen molar-refractivity contribution >= 4 is 50.5 Å². The molecule has 0 spiro atoms. The zero-order chi connectivity index (χ0) is 19.6. The van der Waals surface area contributed by atoms with E-state index in [9.17, 15) is 13.2 Å². The lowest BCUT2D eigenvalue weighted by Crippen LogP contribution is -2.31. The molecule has 1 saturated heterocycles. The van der Waals surface area contributed by atoms with Crippen LogP contribution in [0.15, 0.2) is 34.5 Å². The van der Waals surface area contributed by atoms with Gasteiger partial charge in [-0.2, -0.15) is 4.31 Å². The summed E-state index contributed by atoms with van der Waals surface area (Å²) in [4.78, 5) is 12.9. The molecule has 5 nitrogen and oxygen atoms in total. The quantitative estimate of drug-likeness (QED) is 0.715. The van der Waals surface area contributed by atoms with Crippen molar-refractivity contribution in [1.29, 1.82) is 0 Å². The molecule has 1 aromatic carbocycles. The number of rotatable bonds is 6. The topological polar surface area (TPSA) is 66.5 Å². The maximum atomic E-state index is 12.8. The van der Waals surface area contributed by atoms with Gasteiger partial charge in [-0.25, -0.2) is 8.42 Å². The summed E-state index contributed by atoms with van der Waals surface area (Å²) in [5.74, 6) is -0.522. The lowest BCUT2D eigenvalue weighted by Gasteiger charge is -2.17. The molecule has 27 heavy (non-hydrogen) atoms. The van der Waals surface area contributed by atoms with Crippen molar-refractivity contribution in [2.24, 2.45) is 0 Å². The summed E-state index contributed by atoms with van der Waals surface area (Å²) in [6.45, 7) is 3.20. The summed E-state index contributed by atoms with van der Waals surface area (Å²) >= 11 is 13.6. The van der Waals surface area contributed by atoms with E-state index in [-0.39, 0.29) is 15.7 Å². The highest BCUT2D eigenvalue weighted by Crippen LogP contribution is 2.31. The number of nitrogens with zero attached hydrogens (tertiary/aromatic N) is 1. The van der Waals surface area contributed by atoms with Crippen LogP contribution in [0.5, 0.6) is 0 Å². The summed E-state index contributed by atoms with van der Waals surface area (Å²) in [6.07, 6.45) is 1.70.